The number of carbonyl (C=O) groups excluding carboxylic acids is 2. The number of aryl methyl sites for hydroxylation is 2. The molecule has 6 nitrogen and oxygen atoms in total. The number of alkyl halides is 1. The van der Waals surface area contributed by atoms with Gasteiger partial charge in [0.25, 0.3) is 5.91 Å². The van der Waals surface area contributed by atoms with Crippen LogP contribution in [0.3, 0.4) is 0 Å². The summed E-state index contributed by atoms with van der Waals surface area (Å²) >= 11 is 1.94. The van der Waals surface area contributed by atoms with Crippen LogP contribution in [0.25, 0.3) is 0 Å². The first-order chi connectivity index (χ1) is 9.03. The molecule has 0 aliphatic rings. The van der Waals surface area contributed by atoms with E-state index in [2.05, 4.69) is 15.2 Å². The molecule has 1 unspecified atom stereocenters. The first kappa shape index (κ1) is 15.9. The molecule has 1 aromatic rings. The molecule has 0 bridgehead atoms. The molecular formula is C12H18IN3O3. The molecule has 1 amide bonds. The monoisotopic (exact) mass is 379 g/mol. The first-order valence-corrected chi connectivity index (χ1v) is 7.34. The largest absolute Gasteiger partial charge is 0.468 e. The minimum atomic E-state index is -0.393. The Hall–Kier alpha value is -1.12. The Labute approximate surface area is 126 Å². The van der Waals surface area contributed by atoms with Gasteiger partial charge in [0.15, 0.2) is 0 Å². The summed E-state index contributed by atoms with van der Waals surface area (Å²) in [5.41, 5.74) is 1.40. The Morgan fingerprint density at radius 3 is 2.74 bits per heavy atom. The zero-order valence-electron chi connectivity index (χ0n) is 11.3. The van der Waals surface area contributed by atoms with Gasteiger partial charge in [-0.3, -0.25) is 14.3 Å². The number of rotatable bonds is 6. The summed E-state index contributed by atoms with van der Waals surface area (Å²) in [5, 5.41) is 7.03. The average molecular weight is 379 g/mol. The van der Waals surface area contributed by atoms with Crippen LogP contribution < -0.4 is 5.32 Å². The maximum Gasteiger partial charge on any atom is 0.320 e. The third-order valence-corrected chi connectivity index (χ3v) is 3.57. The summed E-state index contributed by atoms with van der Waals surface area (Å²) in [4.78, 5) is 23.3. The highest BCUT2D eigenvalue weighted by molar-refractivity contribution is 14.1. The average Bonchev–Trinajstić information content (AvgIpc) is 2.86. The summed E-state index contributed by atoms with van der Waals surface area (Å²) in [7, 11) is 1.33. The van der Waals surface area contributed by atoms with Gasteiger partial charge in [-0.05, 0) is 19.4 Å². The van der Waals surface area contributed by atoms with Crippen molar-refractivity contribution in [2.75, 3.05) is 13.7 Å². The lowest BCUT2D eigenvalue weighted by molar-refractivity contribution is -0.139. The third kappa shape index (κ3) is 4.19. The molecule has 1 heterocycles. The molecule has 0 saturated heterocycles. The van der Waals surface area contributed by atoms with Crippen LogP contribution in [0.2, 0.25) is 0 Å². The quantitative estimate of drug-likeness (QED) is 0.458. The Kier molecular flexibility index (Phi) is 6.26. The Balaban J connectivity index is 2.68. The maximum absolute atomic E-state index is 12.0. The van der Waals surface area contributed by atoms with Gasteiger partial charge in [0.1, 0.15) is 9.62 Å². The lowest BCUT2D eigenvalue weighted by atomic mass is 10.3. The molecule has 1 N–H and O–H groups in total. The number of nitrogens with zero attached hydrogens (tertiary/aromatic N) is 2. The van der Waals surface area contributed by atoms with Crippen molar-refractivity contribution in [3.8, 4) is 0 Å². The van der Waals surface area contributed by atoms with Gasteiger partial charge < -0.3 is 10.1 Å². The summed E-state index contributed by atoms with van der Waals surface area (Å²) < 4.78 is 5.87. The summed E-state index contributed by atoms with van der Waals surface area (Å²) in [6.07, 6.45) is 0.782. The van der Waals surface area contributed by atoms with Crippen LogP contribution in [0.5, 0.6) is 0 Å². The Morgan fingerprint density at radius 2 is 2.21 bits per heavy atom. The third-order valence-electron chi connectivity index (χ3n) is 2.62. The second-order valence-electron chi connectivity index (χ2n) is 3.89. The molecule has 0 aromatic carbocycles. The lowest BCUT2D eigenvalue weighted by Gasteiger charge is -2.09. The highest BCUT2D eigenvalue weighted by atomic mass is 127. The SMILES string of the molecule is CCc1cc(C(=O)NCC(I)C(=O)OC)n(CC)n1. The van der Waals surface area contributed by atoms with E-state index in [1.54, 1.807) is 10.7 Å². The summed E-state index contributed by atoms with van der Waals surface area (Å²) in [6, 6.07) is 1.78. The zero-order chi connectivity index (χ0) is 14.4. The van der Waals surface area contributed by atoms with Crippen molar-refractivity contribution >= 4 is 34.5 Å². The summed E-state index contributed by atoms with van der Waals surface area (Å²) in [5.74, 6) is -0.571. The number of amides is 1. The fourth-order valence-corrected chi connectivity index (χ4v) is 2.03. The van der Waals surface area contributed by atoms with Gasteiger partial charge in [0, 0.05) is 13.1 Å². The van der Waals surface area contributed by atoms with E-state index in [0.29, 0.717) is 12.2 Å². The van der Waals surface area contributed by atoms with Crippen molar-refractivity contribution in [3.05, 3.63) is 17.5 Å². The van der Waals surface area contributed by atoms with Crippen molar-refractivity contribution < 1.29 is 14.3 Å². The van der Waals surface area contributed by atoms with Crippen LogP contribution in [-0.2, 0) is 22.5 Å². The van der Waals surface area contributed by atoms with Gasteiger partial charge in [0.2, 0.25) is 0 Å². The van der Waals surface area contributed by atoms with E-state index in [-0.39, 0.29) is 18.4 Å². The minimum Gasteiger partial charge on any atom is -0.468 e. The van der Waals surface area contributed by atoms with Crippen molar-refractivity contribution in [1.82, 2.24) is 15.1 Å². The van der Waals surface area contributed by atoms with Crippen LogP contribution in [0.4, 0.5) is 0 Å². The second kappa shape index (κ2) is 7.46. The molecule has 19 heavy (non-hydrogen) atoms. The number of hydrogen-bond acceptors (Lipinski definition) is 4. The fraction of sp³-hybridized carbons (Fsp3) is 0.583. The molecule has 0 saturated carbocycles. The molecule has 1 rings (SSSR count). The predicted molar refractivity (Wildman–Crippen MR) is 79.4 cm³/mol. The maximum atomic E-state index is 12.0. The molecule has 7 heteroatoms. The predicted octanol–water partition coefficient (Wildman–Crippen LogP) is 1.17. The van der Waals surface area contributed by atoms with Crippen LogP contribution in [0.1, 0.15) is 30.0 Å². The van der Waals surface area contributed by atoms with Crippen LogP contribution in [0, 0.1) is 0 Å². The van der Waals surface area contributed by atoms with Crippen LogP contribution >= 0.6 is 22.6 Å². The smallest absolute Gasteiger partial charge is 0.320 e. The number of nitrogens with one attached hydrogen (secondary N) is 1. The minimum absolute atomic E-state index is 0.223. The molecule has 1 aromatic heterocycles. The van der Waals surface area contributed by atoms with Crippen molar-refractivity contribution in [1.29, 1.82) is 0 Å². The standard InChI is InChI=1S/C12H18IN3O3/c1-4-8-6-10(16(5-2)15-8)11(17)14-7-9(13)12(18)19-3/h6,9H,4-5,7H2,1-3H3,(H,14,17). The van der Waals surface area contributed by atoms with Crippen LogP contribution in [0.15, 0.2) is 6.07 Å². The number of hydrogen-bond donors (Lipinski definition) is 1. The second-order valence-corrected chi connectivity index (χ2v) is 5.39. The molecule has 0 aliphatic carbocycles. The normalized spacial score (nSPS) is 12.0. The number of halogens is 1. The first-order valence-electron chi connectivity index (χ1n) is 6.10. The molecule has 0 spiro atoms. The number of methoxy groups -OCH3 is 1. The number of esters is 1. The highest BCUT2D eigenvalue weighted by Gasteiger charge is 2.18. The van der Waals surface area contributed by atoms with E-state index in [0.717, 1.165) is 12.1 Å². The Morgan fingerprint density at radius 1 is 1.53 bits per heavy atom. The van der Waals surface area contributed by atoms with Gasteiger partial charge in [0.05, 0.1) is 12.8 Å². The number of carbonyl (C=O) groups is 2. The fourth-order valence-electron chi connectivity index (χ4n) is 1.55. The van der Waals surface area contributed by atoms with E-state index in [1.165, 1.54) is 7.11 Å². The van der Waals surface area contributed by atoms with E-state index < -0.39 is 3.92 Å². The molecule has 0 radical (unpaired) electrons. The van der Waals surface area contributed by atoms with E-state index >= 15 is 0 Å². The topological polar surface area (TPSA) is 73.2 Å². The van der Waals surface area contributed by atoms with Gasteiger partial charge in [-0.15, -0.1) is 0 Å². The molecular weight excluding hydrogens is 361 g/mol. The van der Waals surface area contributed by atoms with Gasteiger partial charge in [-0.2, -0.15) is 5.10 Å². The van der Waals surface area contributed by atoms with Crippen molar-refractivity contribution in [3.63, 3.8) is 0 Å². The molecule has 0 aliphatic heterocycles. The summed E-state index contributed by atoms with van der Waals surface area (Å²) in [6.45, 7) is 4.79. The lowest BCUT2D eigenvalue weighted by Crippen LogP contribution is -2.34. The van der Waals surface area contributed by atoms with E-state index in [1.807, 2.05) is 36.4 Å². The van der Waals surface area contributed by atoms with Crippen LogP contribution in [-0.4, -0.2) is 39.2 Å². The number of ether oxygens (including phenoxy) is 1. The van der Waals surface area contributed by atoms with E-state index in [9.17, 15) is 9.59 Å². The van der Waals surface area contributed by atoms with Gasteiger partial charge >= 0.3 is 5.97 Å². The zero-order valence-corrected chi connectivity index (χ0v) is 13.4. The molecule has 1 atom stereocenters. The highest BCUT2D eigenvalue weighted by Crippen LogP contribution is 2.07. The molecule has 106 valence electrons. The number of aromatic nitrogens is 2. The van der Waals surface area contributed by atoms with Crippen molar-refractivity contribution in [2.24, 2.45) is 0 Å². The van der Waals surface area contributed by atoms with Gasteiger partial charge in [-0.25, -0.2) is 0 Å². The van der Waals surface area contributed by atoms with Crippen molar-refractivity contribution in [2.45, 2.75) is 30.7 Å². The van der Waals surface area contributed by atoms with Gasteiger partial charge in [-0.1, -0.05) is 29.5 Å². The van der Waals surface area contributed by atoms with E-state index in [4.69, 9.17) is 0 Å². The molecule has 0 fully saturated rings. The Bertz CT molecular complexity index is 459.